The average molecular weight is 243 g/mol. The maximum Gasteiger partial charge on any atom is 0.156 e. The van der Waals surface area contributed by atoms with Crippen LogP contribution in [0.25, 0.3) is 10.8 Å². The Hall–Kier alpha value is -1.68. The first-order chi connectivity index (χ1) is 8.77. The summed E-state index contributed by atoms with van der Waals surface area (Å²) < 4.78 is 5.76. The lowest BCUT2D eigenvalue weighted by atomic mass is 10.0. The Balaban J connectivity index is 1.82. The van der Waals surface area contributed by atoms with Crippen LogP contribution >= 0.6 is 0 Å². The highest BCUT2D eigenvalue weighted by Gasteiger charge is 2.29. The van der Waals surface area contributed by atoms with Crippen LogP contribution in [0.2, 0.25) is 0 Å². The van der Waals surface area contributed by atoms with E-state index in [0.29, 0.717) is 0 Å². The number of nitrogens with zero attached hydrogens (tertiary/aromatic N) is 2. The van der Waals surface area contributed by atoms with Crippen LogP contribution in [-0.4, -0.2) is 29.0 Å². The van der Waals surface area contributed by atoms with Gasteiger partial charge in [-0.1, -0.05) is 24.3 Å². The molecule has 1 unspecified atom stereocenters. The van der Waals surface area contributed by atoms with Crippen molar-refractivity contribution in [1.29, 1.82) is 0 Å². The average Bonchev–Trinajstić information content (AvgIpc) is 2.84. The van der Waals surface area contributed by atoms with E-state index in [-0.39, 0.29) is 5.60 Å². The Kier molecular flexibility index (Phi) is 2.88. The van der Waals surface area contributed by atoms with Gasteiger partial charge in [0.15, 0.2) is 5.82 Å². The summed E-state index contributed by atoms with van der Waals surface area (Å²) in [5.41, 5.74) is -0.0708. The zero-order valence-electron chi connectivity index (χ0n) is 10.5. The molecule has 0 spiro atoms. The van der Waals surface area contributed by atoms with E-state index < -0.39 is 0 Å². The third kappa shape index (κ3) is 2.16. The molecular weight excluding hydrogens is 226 g/mol. The summed E-state index contributed by atoms with van der Waals surface area (Å²) in [6.07, 6.45) is 4.02. The summed E-state index contributed by atoms with van der Waals surface area (Å²) in [5, 5.41) is 13.8. The van der Waals surface area contributed by atoms with Crippen molar-refractivity contribution in [2.45, 2.75) is 25.4 Å². The fourth-order valence-corrected chi connectivity index (χ4v) is 2.41. The van der Waals surface area contributed by atoms with Crippen molar-refractivity contribution >= 4 is 16.6 Å². The quantitative estimate of drug-likeness (QED) is 0.900. The topological polar surface area (TPSA) is 47.0 Å². The lowest BCUT2D eigenvalue weighted by Crippen LogP contribution is -2.32. The van der Waals surface area contributed by atoms with E-state index in [2.05, 4.69) is 28.5 Å². The molecule has 1 fully saturated rings. The maximum atomic E-state index is 5.76. The van der Waals surface area contributed by atoms with Gasteiger partial charge in [-0.2, -0.15) is 5.10 Å². The molecule has 2 heterocycles. The molecule has 1 N–H and O–H groups in total. The molecule has 0 bridgehead atoms. The molecule has 0 aliphatic carbocycles. The summed E-state index contributed by atoms with van der Waals surface area (Å²) in [7, 11) is 0. The zero-order chi connectivity index (χ0) is 12.4. The van der Waals surface area contributed by atoms with Crippen LogP contribution in [0.4, 0.5) is 5.82 Å². The van der Waals surface area contributed by atoms with Crippen LogP contribution in [0.3, 0.4) is 0 Å². The number of benzene rings is 1. The number of nitrogens with one attached hydrogen (secondary N) is 1. The van der Waals surface area contributed by atoms with Gasteiger partial charge in [0.2, 0.25) is 0 Å². The van der Waals surface area contributed by atoms with Gasteiger partial charge in [-0.05, 0) is 19.8 Å². The Morgan fingerprint density at radius 3 is 3.11 bits per heavy atom. The highest BCUT2D eigenvalue weighted by Crippen LogP contribution is 2.26. The molecule has 3 rings (SSSR count). The summed E-state index contributed by atoms with van der Waals surface area (Å²) in [6.45, 7) is 3.78. The van der Waals surface area contributed by atoms with Crippen LogP contribution < -0.4 is 5.32 Å². The molecule has 94 valence electrons. The molecule has 1 aliphatic rings. The standard InChI is InChI=1S/C14H17N3O/c1-14(7-4-8-18-14)10-15-13-12-6-3-2-5-11(12)9-16-17-13/h2-3,5-6,9H,4,7-8,10H2,1H3,(H,15,17). The second kappa shape index (κ2) is 4.53. The van der Waals surface area contributed by atoms with E-state index in [1.165, 1.54) is 0 Å². The van der Waals surface area contributed by atoms with Gasteiger partial charge in [0.25, 0.3) is 0 Å². The van der Waals surface area contributed by atoms with Gasteiger partial charge in [-0.3, -0.25) is 0 Å². The summed E-state index contributed by atoms with van der Waals surface area (Å²) >= 11 is 0. The zero-order valence-corrected chi connectivity index (χ0v) is 10.5. The van der Waals surface area contributed by atoms with Gasteiger partial charge in [0.05, 0.1) is 11.8 Å². The second-order valence-electron chi connectivity index (χ2n) is 5.04. The lowest BCUT2D eigenvalue weighted by Gasteiger charge is -2.23. The van der Waals surface area contributed by atoms with Gasteiger partial charge in [-0.15, -0.1) is 5.10 Å². The molecule has 1 aromatic carbocycles. The summed E-state index contributed by atoms with van der Waals surface area (Å²) in [5.74, 6) is 0.838. The van der Waals surface area contributed by atoms with E-state index in [1.807, 2.05) is 18.2 Å². The minimum atomic E-state index is -0.0708. The van der Waals surface area contributed by atoms with Crippen molar-refractivity contribution in [3.63, 3.8) is 0 Å². The third-order valence-corrected chi connectivity index (χ3v) is 3.50. The van der Waals surface area contributed by atoms with Gasteiger partial charge in [-0.25, -0.2) is 0 Å². The molecule has 0 radical (unpaired) electrons. The van der Waals surface area contributed by atoms with E-state index in [9.17, 15) is 0 Å². The fourth-order valence-electron chi connectivity index (χ4n) is 2.41. The summed E-state index contributed by atoms with van der Waals surface area (Å²) in [6, 6.07) is 8.13. The predicted molar refractivity (Wildman–Crippen MR) is 71.6 cm³/mol. The van der Waals surface area contributed by atoms with Crippen LogP contribution in [0.15, 0.2) is 30.5 Å². The van der Waals surface area contributed by atoms with Gasteiger partial charge >= 0.3 is 0 Å². The Labute approximate surface area is 106 Å². The van der Waals surface area contributed by atoms with Gasteiger partial charge < -0.3 is 10.1 Å². The van der Waals surface area contributed by atoms with Crippen LogP contribution in [0.5, 0.6) is 0 Å². The molecule has 1 aromatic heterocycles. The number of fused-ring (bicyclic) bond motifs is 1. The molecule has 2 aromatic rings. The van der Waals surface area contributed by atoms with E-state index in [4.69, 9.17) is 4.74 Å². The molecular formula is C14H17N3O. The van der Waals surface area contributed by atoms with Gasteiger partial charge in [0, 0.05) is 23.9 Å². The minimum absolute atomic E-state index is 0.0708. The largest absolute Gasteiger partial charge is 0.373 e. The predicted octanol–water partition coefficient (Wildman–Crippen LogP) is 2.61. The molecule has 1 saturated heterocycles. The van der Waals surface area contributed by atoms with E-state index >= 15 is 0 Å². The molecule has 0 amide bonds. The molecule has 18 heavy (non-hydrogen) atoms. The number of hydrogen-bond donors (Lipinski definition) is 1. The lowest BCUT2D eigenvalue weighted by molar-refractivity contribution is 0.0315. The number of aromatic nitrogens is 2. The normalized spacial score (nSPS) is 23.4. The summed E-state index contributed by atoms with van der Waals surface area (Å²) in [4.78, 5) is 0. The van der Waals surface area contributed by atoms with Crippen molar-refractivity contribution < 1.29 is 4.74 Å². The molecule has 1 atom stereocenters. The van der Waals surface area contributed by atoms with Crippen molar-refractivity contribution in [3.05, 3.63) is 30.5 Å². The van der Waals surface area contributed by atoms with Crippen molar-refractivity contribution in [2.75, 3.05) is 18.5 Å². The monoisotopic (exact) mass is 243 g/mol. The first-order valence-corrected chi connectivity index (χ1v) is 6.35. The van der Waals surface area contributed by atoms with Crippen LogP contribution in [0.1, 0.15) is 19.8 Å². The van der Waals surface area contributed by atoms with Crippen molar-refractivity contribution in [2.24, 2.45) is 0 Å². The molecule has 4 heteroatoms. The van der Waals surface area contributed by atoms with Crippen molar-refractivity contribution in [1.82, 2.24) is 10.2 Å². The van der Waals surface area contributed by atoms with Crippen LogP contribution in [0, 0.1) is 0 Å². The maximum absolute atomic E-state index is 5.76. The van der Waals surface area contributed by atoms with Gasteiger partial charge in [0.1, 0.15) is 0 Å². The molecule has 1 aliphatic heterocycles. The minimum Gasteiger partial charge on any atom is -0.373 e. The second-order valence-corrected chi connectivity index (χ2v) is 5.04. The number of anilines is 1. The first-order valence-electron chi connectivity index (χ1n) is 6.35. The number of hydrogen-bond acceptors (Lipinski definition) is 4. The number of rotatable bonds is 3. The smallest absolute Gasteiger partial charge is 0.156 e. The number of ether oxygens (including phenoxy) is 1. The Morgan fingerprint density at radius 1 is 1.39 bits per heavy atom. The highest BCUT2D eigenvalue weighted by atomic mass is 16.5. The Bertz CT molecular complexity index is 544. The fraction of sp³-hybridized carbons (Fsp3) is 0.429. The van der Waals surface area contributed by atoms with E-state index in [1.54, 1.807) is 6.20 Å². The highest BCUT2D eigenvalue weighted by molar-refractivity contribution is 5.90. The third-order valence-electron chi connectivity index (χ3n) is 3.50. The first kappa shape index (κ1) is 11.4. The Morgan fingerprint density at radius 2 is 2.28 bits per heavy atom. The van der Waals surface area contributed by atoms with E-state index in [0.717, 1.165) is 42.6 Å². The molecule has 4 nitrogen and oxygen atoms in total. The molecule has 0 saturated carbocycles. The SMILES string of the molecule is CC1(CNc2nncc3ccccc23)CCCO1. The van der Waals surface area contributed by atoms with Crippen LogP contribution in [-0.2, 0) is 4.74 Å². The van der Waals surface area contributed by atoms with Crippen molar-refractivity contribution in [3.8, 4) is 0 Å².